The molecular formula is C24H31N3O3S2. The fraction of sp³-hybridized carbons (Fsp3) is 0.417. The van der Waals surface area contributed by atoms with Crippen LogP contribution in [0.2, 0.25) is 0 Å². The van der Waals surface area contributed by atoms with Gasteiger partial charge in [-0.15, -0.1) is 0 Å². The van der Waals surface area contributed by atoms with Gasteiger partial charge in [0.25, 0.3) is 5.91 Å². The molecule has 0 aliphatic heterocycles. The summed E-state index contributed by atoms with van der Waals surface area (Å²) in [5, 5.41) is 0.666. The molecule has 6 nitrogen and oxygen atoms in total. The Kier molecular flexibility index (Phi) is 7.69. The summed E-state index contributed by atoms with van der Waals surface area (Å²) in [6.07, 6.45) is 0. The zero-order chi connectivity index (χ0) is 23.5. The number of fused-ring (bicyclic) bond motifs is 1. The molecule has 0 radical (unpaired) electrons. The van der Waals surface area contributed by atoms with Crippen LogP contribution in [0.15, 0.2) is 41.3 Å². The predicted octanol–water partition coefficient (Wildman–Crippen LogP) is 4.70. The lowest BCUT2D eigenvalue weighted by Gasteiger charge is -2.24. The Labute approximate surface area is 194 Å². The highest BCUT2D eigenvalue weighted by Crippen LogP contribution is 2.33. The molecule has 32 heavy (non-hydrogen) atoms. The summed E-state index contributed by atoms with van der Waals surface area (Å²) < 4.78 is 25.4. The Balaban J connectivity index is 2.00. The van der Waals surface area contributed by atoms with E-state index < -0.39 is 9.84 Å². The van der Waals surface area contributed by atoms with Gasteiger partial charge in [-0.05, 0) is 62.3 Å². The van der Waals surface area contributed by atoms with Gasteiger partial charge < -0.3 is 4.90 Å². The number of carbonyl (C=O) groups is 1. The number of carbonyl (C=O) groups excluding carboxylic acids is 1. The molecule has 1 amide bonds. The molecule has 8 heteroatoms. The molecule has 3 aromatic rings. The summed E-state index contributed by atoms with van der Waals surface area (Å²) in [5.74, 6) is -0.146. The second-order valence-corrected chi connectivity index (χ2v) is 11.0. The number of hydrogen-bond acceptors (Lipinski definition) is 6. The molecule has 0 atom stereocenters. The summed E-state index contributed by atoms with van der Waals surface area (Å²) in [4.78, 5) is 22.6. The number of anilines is 1. The first-order valence-electron chi connectivity index (χ1n) is 11.0. The second-order valence-electron chi connectivity index (χ2n) is 7.79. The van der Waals surface area contributed by atoms with Gasteiger partial charge in [0.05, 0.1) is 20.9 Å². The van der Waals surface area contributed by atoms with E-state index in [1.165, 1.54) is 23.5 Å². The number of amides is 1. The molecule has 1 heterocycles. The van der Waals surface area contributed by atoms with Crippen molar-refractivity contribution in [2.75, 3.05) is 36.8 Å². The van der Waals surface area contributed by atoms with Crippen LogP contribution in [0.1, 0.15) is 42.3 Å². The van der Waals surface area contributed by atoms with Crippen molar-refractivity contribution in [2.24, 2.45) is 0 Å². The Bertz CT molecular complexity index is 1160. The minimum absolute atomic E-state index is 0.0285. The quantitative estimate of drug-likeness (QED) is 0.451. The molecule has 0 saturated carbocycles. The lowest BCUT2D eigenvalue weighted by atomic mass is 10.1. The smallest absolute Gasteiger partial charge is 0.260 e. The van der Waals surface area contributed by atoms with Crippen molar-refractivity contribution in [3.8, 4) is 0 Å². The molecule has 172 valence electrons. The molecular weight excluding hydrogens is 442 g/mol. The number of thiazole rings is 1. The van der Waals surface area contributed by atoms with Crippen LogP contribution in [0.3, 0.4) is 0 Å². The molecule has 3 rings (SSSR count). The summed E-state index contributed by atoms with van der Waals surface area (Å²) in [6, 6.07) is 10.4. The third-order valence-corrected chi connectivity index (χ3v) is 8.75. The van der Waals surface area contributed by atoms with Crippen LogP contribution in [0.25, 0.3) is 10.2 Å². The Morgan fingerprint density at radius 1 is 0.938 bits per heavy atom. The number of sulfone groups is 1. The van der Waals surface area contributed by atoms with Crippen LogP contribution in [0, 0.1) is 13.8 Å². The van der Waals surface area contributed by atoms with Gasteiger partial charge in [-0.3, -0.25) is 9.69 Å². The lowest BCUT2D eigenvalue weighted by molar-refractivity contribution is 0.0983. The van der Waals surface area contributed by atoms with Gasteiger partial charge in [0.15, 0.2) is 15.0 Å². The van der Waals surface area contributed by atoms with Crippen LogP contribution < -0.4 is 4.90 Å². The number of nitrogens with zero attached hydrogens (tertiary/aromatic N) is 3. The van der Waals surface area contributed by atoms with Gasteiger partial charge in [0.2, 0.25) is 0 Å². The summed E-state index contributed by atoms with van der Waals surface area (Å²) in [5.41, 5.74) is 3.60. The molecule has 0 bridgehead atoms. The first kappa shape index (κ1) is 24.4. The monoisotopic (exact) mass is 473 g/mol. The van der Waals surface area contributed by atoms with Crippen LogP contribution in [-0.2, 0) is 9.84 Å². The van der Waals surface area contributed by atoms with E-state index in [1.54, 1.807) is 24.0 Å². The van der Waals surface area contributed by atoms with Crippen LogP contribution in [0.5, 0.6) is 0 Å². The predicted molar refractivity (Wildman–Crippen MR) is 133 cm³/mol. The average molecular weight is 474 g/mol. The average Bonchev–Trinajstić information content (AvgIpc) is 3.25. The number of aromatic nitrogens is 1. The summed E-state index contributed by atoms with van der Waals surface area (Å²) in [6.45, 7) is 12.9. The van der Waals surface area contributed by atoms with Gasteiger partial charge in [0.1, 0.15) is 0 Å². The van der Waals surface area contributed by atoms with Gasteiger partial charge in [-0.1, -0.05) is 44.2 Å². The normalized spacial score (nSPS) is 11.9. The van der Waals surface area contributed by atoms with Crippen molar-refractivity contribution < 1.29 is 13.2 Å². The summed E-state index contributed by atoms with van der Waals surface area (Å²) >= 11 is 1.53. The topological polar surface area (TPSA) is 70.6 Å². The number of rotatable bonds is 9. The lowest BCUT2D eigenvalue weighted by Crippen LogP contribution is -2.38. The Morgan fingerprint density at radius 2 is 1.56 bits per heavy atom. The van der Waals surface area contributed by atoms with Crippen molar-refractivity contribution >= 4 is 42.4 Å². The van der Waals surface area contributed by atoms with Gasteiger partial charge in [-0.25, -0.2) is 13.4 Å². The molecule has 0 spiro atoms. The van der Waals surface area contributed by atoms with E-state index in [-0.39, 0.29) is 16.6 Å². The maximum atomic E-state index is 13.5. The molecule has 0 N–H and O–H groups in total. The third kappa shape index (κ3) is 5.03. The van der Waals surface area contributed by atoms with Gasteiger partial charge >= 0.3 is 0 Å². The largest absolute Gasteiger partial charge is 0.302 e. The van der Waals surface area contributed by atoms with E-state index in [1.807, 2.05) is 6.92 Å². The van der Waals surface area contributed by atoms with Crippen molar-refractivity contribution in [3.05, 3.63) is 53.1 Å². The Hall–Kier alpha value is -2.29. The van der Waals surface area contributed by atoms with Gasteiger partial charge in [0, 0.05) is 18.7 Å². The molecule has 2 aromatic carbocycles. The van der Waals surface area contributed by atoms with Crippen molar-refractivity contribution in [2.45, 2.75) is 39.5 Å². The third-order valence-electron chi connectivity index (χ3n) is 5.78. The second kappa shape index (κ2) is 10.1. The highest BCUT2D eigenvalue weighted by atomic mass is 32.2. The SMILES string of the molecule is CCN(CC)CCN(C(=O)c1ccc(S(=O)(=O)CC)cc1)c1nc2c(C)ccc(C)c2s1. The van der Waals surface area contributed by atoms with Crippen molar-refractivity contribution in [3.63, 3.8) is 0 Å². The van der Waals surface area contributed by atoms with E-state index in [2.05, 4.69) is 37.8 Å². The molecule has 1 aromatic heterocycles. The maximum absolute atomic E-state index is 13.5. The van der Waals surface area contributed by atoms with Crippen LogP contribution >= 0.6 is 11.3 Å². The van der Waals surface area contributed by atoms with Crippen molar-refractivity contribution in [1.29, 1.82) is 0 Å². The first-order valence-corrected chi connectivity index (χ1v) is 13.4. The zero-order valence-electron chi connectivity index (χ0n) is 19.4. The minimum atomic E-state index is -3.31. The molecule has 0 fully saturated rings. The van der Waals surface area contributed by atoms with E-state index in [4.69, 9.17) is 4.98 Å². The van der Waals surface area contributed by atoms with Gasteiger partial charge in [-0.2, -0.15) is 0 Å². The zero-order valence-corrected chi connectivity index (χ0v) is 21.0. The van der Waals surface area contributed by atoms with E-state index in [0.29, 0.717) is 17.2 Å². The highest BCUT2D eigenvalue weighted by Gasteiger charge is 2.23. The number of aryl methyl sites for hydroxylation is 2. The molecule has 0 aliphatic carbocycles. The van der Waals surface area contributed by atoms with Crippen LogP contribution in [0.4, 0.5) is 5.13 Å². The fourth-order valence-corrected chi connectivity index (χ4v) is 5.58. The van der Waals surface area contributed by atoms with E-state index in [9.17, 15) is 13.2 Å². The van der Waals surface area contributed by atoms with E-state index >= 15 is 0 Å². The fourth-order valence-electron chi connectivity index (χ4n) is 3.56. The summed E-state index contributed by atoms with van der Waals surface area (Å²) in [7, 11) is -3.31. The Morgan fingerprint density at radius 3 is 2.12 bits per heavy atom. The molecule has 0 saturated heterocycles. The highest BCUT2D eigenvalue weighted by molar-refractivity contribution is 7.91. The van der Waals surface area contributed by atoms with Crippen LogP contribution in [-0.4, -0.2) is 56.1 Å². The van der Waals surface area contributed by atoms with Crippen molar-refractivity contribution in [1.82, 2.24) is 9.88 Å². The molecule has 0 unspecified atom stereocenters. The molecule has 0 aliphatic rings. The standard InChI is InChI=1S/C24H31N3O3S2/c1-6-26(7-2)15-16-27(24-25-21-17(4)9-10-18(5)22(21)31-24)23(28)19-11-13-20(14-12-19)32(29,30)8-3/h9-14H,6-8,15-16H2,1-5H3. The number of benzene rings is 2. The number of hydrogen-bond donors (Lipinski definition) is 0. The van der Waals surface area contributed by atoms with E-state index in [0.717, 1.165) is 41.0 Å². The minimum Gasteiger partial charge on any atom is -0.302 e. The maximum Gasteiger partial charge on any atom is 0.260 e. The first-order chi connectivity index (χ1) is 15.2. The number of likely N-dealkylation sites (N-methyl/N-ethyl adjacent to an activating group) is 1.